The molecule has 0 saturated carbocycles. The highest BCUT2D eigenvalue weighted by Crippen LogP contribution is 2.54. The molecule has 8 aromatic rings. The van der Waals surface area contributed by atoms with Crippen molar-refractivity contribution < 1.29 is 35.7 Å². The highest BCUT2D eigenvalue weighted by atomic mass is 31.2. The average Bonchev–Trinajstić information content (AvgIpc) is 3.22. The van der Waals surface area contributed by atoms with Crippen LogP contribution in [0.1, 0.15) is 27.8 Å². The van der Waals surface area contributed by atoms with Crippen molar-refractivity contribution in [2.45, 2.75) is 33.9 Å². The Kier molecular flexibility index (Phi) is 11.3. The van der Waals surface area contributed by atoms with Gasteiger partial charge in [-0.05, 0) is 132 Å². The maximum Gasteiger partial charge on any atom is 0.530 e. The topological polar surface area (TPSA) is 36.9 Å². The summed E-state index contributed by atoms with van der Waals surface area (Å²) in [5, 5.41) is 4.77. The molecule has 59 heavy (non-hydrogen) atoms. The summed E-state index contributed by atoms with van der Waals surface area (Å²) in [5.41, 5.74) is 4.09. The second-order valence-electron chi connectivity index (χ2n) is 14.2. The molecule has 1 unspecified atom stereocenters. The summed E-state index contributed by atoms with van der Waals surface area (Å²) in [5.74, 6) is 1.79. The van der Waals surface area contributed by atoms with Crippen molar-refractivity contribution in [2.75, 3.05) is 0 Å². The molecule has 0 amide bonds. The Morgan fingerprint density at radius 2 is 0.864 bits per heavy atom. The number of hydrogen-bond donors (Lipinski definition) is 0. The first-order valence-electron chi connectivity index (χ1n) is 18.9. The highest BCUT2D eigenvalue weighted by molar-refractivity contribution is 7.68. The Balaban J connectivity index is 1.36. The Morgan fingerprint density at radius 3 is 1.34 bits per heavy atom. The van der Waals surface area contributed by atoms with Crippen molar-refractivity contribution in [1.29, 1.82) is 0 Å². The fourth-order valence-electron chi connectivity index (χ4n) is 6.99. The summed E-state index contributed by atoms with van der Waals surface area (Å²) < 4.78 is 83.1. The molecule has 8 rings (SSSR count). The monoisotopic (exact) mass is 828 g/mol. The van der Waals surface area contributed by atoms with Crippen LogP contribution in [0.4, 0.5) is 17.6 Å². The van der Waals surface area contributed by atoms with Crippen LogP contribution < -0.4 is 28.7 Å². The van der Waals surface area contributed by atoms with Gasteiger partial charge in [0.25, 0.3) is 0 Å². The largest absolute Gasteiger partial charge is 0.530 e. The molecule has 0 heterocycles. The molecule has 8 aromatic carbocycles. The summed E-state index contributed by atoms with van der Waals surface area (Å²) in [7, 11) is -3.97. The minimum Gasteiger partial charge on any atom is -0.464 e. The zero-order valence-electron chi connectivity index (χ0n) is 32.6. The quantitative estimate of drug-likeness (QED) is 0.0961. The first-order valence-corrected chi connectivity index (χ1v) is 21.2. The van der Waals surface area contributed by atoms with Gasteiger partial charge in [-0.25, -0.2) is 4.39 Å². The van der Waals surface area contributed by atoms with Crippen molar-refractivity contribution in [3.63, 3.8) is 0 Å². The third-order valence-corrected chi connectivity index (χ3v) is 12.9. The van der Waals surface area contributed by atoms with Crippen LogP contribution in [0.2, 0.25) is 0 Å². The molecular formula is C49H38F4O4P2. The number of halogens is 4. The molecule has 0 aliphatic carbocycles. The van der Waals surface area contributed by atoms with Gasteiger partial charge in [-0.2, -0.15) is 13.2 Å². The lowest BCUT2D eigenvalue weighted by molar-refractivity contribution is -0.137. The van der Waals surface area contributed by atoms with Gasteiger partial charge in [0.1, 0.15) is 28.8 Å². The molecule has 0 bridgehead atoms. The van der Waals surface area contributed by atoms with Crippen molar-refractivity contribution >= 4 is 48.9 Å². The lowest BCUT2D eigenvalue weighted by Crippen LogP contribution is -2.17. The number of benzene rings is 8. The summed E-state index contributed by atoms with van der Waals surface area (Å²) in [6.07, 6.45) is -4.52. The summed E-state index contributed by atoms with van der Waals surface area (Å²) >= 11 is 0. The van der Waals surface area contributed by atoms with E-state index in [1.807, 2.05) is 131 Å². The molecule has 0 aliphatic rings. The van der Waals surface area contributed by atoms with E-state index in [0.717, 1.165) is 67.1 Å². The molecule has 296 valence electrons. The lowest BCUT2D eigenvalue weighted by atomic mass is 9.89. The zero-order valence-corrected chi connectivity index (χ0v) is 34.3. The van der Waals surface area contributed by atoms with Gasteiger partial charge in [-0.3, -0.25) is 0 Å². The van der Waals surface area contributed by atoms with Gasteiger partial charge in [-0.1, -0.05) is 97.1 Å². The molecule has 0 spiro atoms. The normalized spacial score (nSPS) is 12.2. The predicted octanol–water partition coefficient (Wildman–Crippen LogP) is 14.2. The Bertz CT molecular complexity index is 2740. The van der Waals surface area contributed by atoms with Gasteiger partial charge >= 0.3 is 14.8 Å². The van der Waals surface area contributed by atoms with Gasteiger partial charge in [0, 0.05) is 21.7 Å². The van der Waals surface area contributed by atoms with Crippen LogP contribution in [0.5, 0.6) is 23.0 Å². The number of aryl methyl sites for hydroxylation is 4. The van der Waals surface area contributed by atoms with E-state index in [1.54, 1.807) is 12.1 Å². The first kappa shape index (κ1) is 39.9. The number of rotatable bonds is 11. The molecule has 0 aromatic heterocycles. The Morgan fingerprint density at radius 1 is 0.441 bits per heavy atom. The molecule has 4 nitrogen and oxygen atoms in total. The van der Waals surface area contributed by atoms with Crippen molar-refractivity contribution in [2.24, 2.45) is 0 Å². The second kappa shape index (κ2) is 16.7. The SMILES string of the molecule is Cc1ccccc1OP(Oc1ccccc1C)Oc1c(C)cc2ccccc2c1-c1c(OP(c2ccc(F)cc2)c2ccc(C(F)(F)F)cc2)c(C)cc2ccccc12. The predicted molar refractivity (Wildman–Crippen MR) is 232 cm³/mol. The van der Waals surface area contributed by atoms with Crippen LogP contribution in [-0.2, 0) is 6.18 Å². The average molecular weight is 829 g/mol. The van der Waals surface area contributed by atoms with Gasteiger partial charge in [0.05, 0.1) is 5.56 Å². The lowest BCUT2D eigenvalue weighted by Gasteiger charge is -2.27. The molecule has 10 heteroatoms. The minimum atomic E-state index is -4.52. The van der Waals surface area contributed by atoms with E-state index in [9.17, 15) is 17.6 Å². The van der Waals surface area contributed by atoms with E-state index in [2.05, 4.69) is 6.07 Å². The zero-order chi connectivity index (χ0) is 41.3. The fourth-order valence-corrected chi connectivity index (χ4v) is 9.98. The van der Waals surface area contributed by atoms with E-state index in [4.69, 9.17) is 18.1 Å². The van der Waals surface area contributed by atoms with E-state index in [-0.39, 0.29) is 0 Å². The second-order valence-corrected chi connectivity index (χ2v) is 17.0. The fraction of sp³-hybridized carbons (Fsp3) is 0.102. The van der Waals surface area contributed by atoms with Crippen LogP contribution >= 0.6 is 16.8 Å². The Labute approximate surface area is 342 Å². The van der Waals surface area contributed by atoms with Gasteiger partial charge in [-0.15, -0.1) is 0 Å². The summed E-state index contributed by atoms with van der Waals surface area (Å²) in [6.45, 7) is 7.85. The molecule has 0 fully saturated rings. The van der Waals surface area contributed by atoms with Gasteiger partial charge in [0.15, 0.2) is 8.15 Å². The van der Waals surface area contributed by atoms with E-state index >= 15 is 0 Å². The van der Waals surface area contributed by atoms with E-state index in [1.165, 1.54) is 24.3 Å². The van der Waals surface area contributed by atoms with Crippen molar-refractivity contribution in [1.82, 2.24) is 0 Å². The van der Waals surface area contributed by atoms with Gasteiger partial charge < -0.3 is 18.1 Å². The molecule has 0 saturated heterocycles. The van der Waals surface area contributed by atoms with Crippen molar-refractivity contribution in [3.05, 3.63) is 191 Å². The maximum atomic E-state index is 14.4. The Hall–Kier alpha value is -5.94. The highest BCUT2D eigenvalue weighted by Gasteiger charge is 2.32. The smallest absolute Gasteiger partial charge is 0.464 e. The molecular weight excluding hydrogens is 790 g/mol. The maximum absolute atomic E-state index is 14.4. The minimum absolute atomic E-state index is 0.441. The van der Waals surface area contributed by atoms with Crippen LogP contribution in [-0.4, -0.2) is 0 Å². The van der Waals surface area contributed by atoms with Crippen LogP contribution in [0.25, 0.3) is 32.7 Å². The third-order valence-electron chi connectivity index (χ3n) is 10.00. The first-order chi connectivity index (χ1) is 28.4. The van der Waals surface area contributed by atoms with Gasteiger partial charge in [0.2, 0.25) is 0 Å². The summed E-state index contributed by atoms with van der Waals surface area (Å²) in [4.78, 5) is 0. The summed E-state index contributed by atoms with van der Waals surface area (Å²) in [6, 6.07) is 46.3. The molecule has 1 atom stereocenters. The molecule has 0 radical (unpaired) electrons. The van der Waals surface area contributed by atoms with E-state index < -0.39 is 34.3 Å². The third kappa shape index (κ3) is 8.48. The number of para-hydroxylation sites is 2. The number of alkyl halides is 3. The van der Waals surface area contributed by atoms with Crippen LogP contribution in [0, 0.1) is 33.5 Å². The molecule has 0 aliphatic heterocycles. The molecule has 0 N–H and O–H groups in total. The van der Waals surface area contributed by atoms with Crippen LogP contribution in [0.3, 0.4) is 0 Å². The number of fused-ring (bicyclic) bond motifs is 2. The van der Waals surface area contributed by atoms with Crippen molar-refractivity contribution in [3.8, 4) is 34.1 Å². The van der Waals surface area contributed by atoms with Crippen LogP contribution in [0.15, 0.2) is 158 Å². The number of hydrogen-bond acceptors (Lipinski definition) is 4. The standard InChI is InChI=1S/C49H38F4O4P2/c1-31-13-5-11-19-43(31)54-59(55-44-20-12-6-14-32(44)2)57-48-34(4)30-36-16-8-10-18-42(36)46(48)45-41-17-9-7-15-35(41)29-33(3)47(45)56-58(40-27-23-38(50)24-28-40)39-25-21-37(22-26-39)49(51,52)53/h5-30H,1-4H3. The van der Waals surface area contributed by atoms with E-state index in [0.29, 0.717) is 33.6 Å².